The number of rotatable bonds is 7. The van der Waals surface area contributed by atoms with E-state index < -0.39 is 23.2 Å². The van der Waals surface area contributed by atoms with Gasteiger partial charge in [-0.3, -0.25) is 4.79 Å². The molecule has 1 rings (SSSR count). The zero-order chi connectivity index (χ0) is 19.3. The molecular formula is C18H24F3NO3. The predicted molar refractivity (Wildman–Crippen MR) is 87.9 cm³/mol. The molecule has 0 fully saturated rings. The van der Waals surface area contributed by atoms with E-state index in [1.807, 2.05) is 6.92 Å². The summed E-state index contributed by atoms with van der Waals surface area (Å²) < 4.78 is 42.5. The van der Waals surface area contributed by atoms with Crippen LogP contribution in [0.5, 0.6) is 0 Å². The van der Waals surface area contributed by atoms with Crippen molar-refractivity contribution < 1.29 is 27.5 Å². The van der Waals surface area contributed by atoms with Crippen LogP contribution < -0.4 is 5.32 Å². The fourth-order valence-corrected chi connectivity index (χ4v) is 2.70. The smallest absolute Gasteiger partial charge is 0.416 e. The van der Waals surface area contributed by atoms with Crippen LogP contribution >= 0.6 is 0 Å². The molecule has 1 amide bonds. The Labute approximate surface area is 145 Å². The minimum absolute atomic E-state index is 0.0572. The molecular weight excluding hydrogens is 335 g/mol. The van der Waals surface area contributed by atoms with Gasteiger partial charge in [0.1, 0.15) is 5.54 Å². The lowest BCUT2D eigenvalue weighted by atomic mass is 9.93. The third-order valence-electron chi connectivity index (χ3n) is 4.10. The van der Waals surface area contributed by atoms with E-state index in [4.69, 9.17) is 4.74 Å². The van der Waals surface area contributed by atoms with Gasteiger partial charge in [-0.1, -0.05) is 32.4 Å². The SMILES string of the molecule is CCCC(C)(NC(=O)CC(C)c1ccc(C(F)(F)F)cc1)C(=O)OC. The van der Waals surface area contributed by atoms with Crippen LogP contribution in [0.3, 0.4) is 0 Å². The number of carbonyl (C=O) groups excluding carboxylic acids is 2. The third-order valence-corrected chi connectivity index (χ3v) is 4.10. The number of halogens is 3. The summed E-state index contributed by atoms with van der Waals surface area (Å²) >= 11 is 0. The number of esters is 1. The molecule has 0 aliphatic rings. The van der Waals surface area contributed by atoms with Gasteiger partial charge in [-0.05, 0) is 37.0 Å². The number of hydrogen-bond donors (Lipinski definition) is 1. The van der Waals surface area contributed by atoms with Crippen molar-refractivity contribution in [2.24, 2.45) is 0 Å². The number of benzene rings is 1. The quantitative estimate of drug-likeness (QED) is 0.748. The molecule has 25 heavy (non-hydrogen) atoms. The van der Waals surface area contributed by atoms with Crippen LogP contribution in [0.25, 0.3) is 0 Å². The molecule has 0 aromatic heterocycles. The second kappa shape index (κ2) is 8.36. The summed E-state index contributed by atoms with van der Waals surface area (Å²) in [5, 5.41) is 2.69. The van der Waals surface area contributed by atoms with Gasteiger partial charge in [0.25, 0.3) is 0 Å². The van der Waals surface area contributed by atoms with Crippen molar-refractivity contribution in [1.29, 1.82) is 0 Å². The van der Waals surface area contributed by atoms with Gasteiger partial charge in [-0.2, -0.15) is 13.2 Å². The van der Waals surface area contributed by atoms with E-state index in [1.54, 1.807) is 13.8 Å². The van der Waals surface area contributed by atoms with E-state index in [9.17, 15) is 22.8 Å². The fourth-order valence-electron chi connectivity index (χ4n) is 2.70. The van der Waals surface area contributed by atoms with Crippen LogP contribution in [-0.4, -0.2) is 24.5 Å². The molecule has 7 heteroatoms. The highest BCUT2D eigenvalue weighted by molar-refractivity contribution is 5.87. The molecule has 0 spiro atoms. The highest BCUT2D eigenvalue weighted by Crippen LogP contribution is 2.30. The normalized spacial score (nSPS) is 15.2. The maximum Gasteiger partial charge on any atom is 0.416 e. The van der Waals surface area contributed by atoms with E-state index in [0.29, 0.717) is 18.4 Å². The average molecular weight is 359 g/mol. The first kappa shape index (κ1) is 21.0. The Bertz CT molecular complexity index is 599. The van der Waals surface area contributed by atoms with E-state index >= 15 is 0 Å². The minimum Gasteiger partial charge on any atom is -0.467 e. The van der Waals surface area contributed by atoms with Crippen molar-refractivity contribution >= 4 is 11.9 Å². The van der Waals surface area contributed by atoms with Crippen molar-refractivity contribution in [3.05, 3.63) is 35.4 Å². The number of methoxy groups -OCH3 is 1. The van der Waals surface area contributed by atoms with Crippen LogP contribution in [0, 0.1) is 0 Å². The van der Waals surface area contributed by atoms with E-state index in [0.717, 1.165) is 12.1 Å². The summed E-state index contributed by atoms with van der Waals surface area (Å²) in [7, 11) is 1.26. The second-order valence-corrected chi connectivity index (χ2v) is 6.35. The molecule has 1 aromatic carbocycles. The van der Waals surface area contributed by atoms with Crippen LogP contribution in [0.15, 0.2) is 24.3 Å². The third kappa shape index (κ3) is 5.76. The van der Waals surface area contributed by atoms with Crippen molar-refractivity contribution in [3.63, 3.8) is 0 Å². The van der Waals surface area contributed by atoms with Crippen molar-refractivity contribution in [3.8, 4) is 0 Å². The topological polar surface area (TPSA) is 55.4 Å². The Balaban J connectivity index is 2.77. The van der Waals surface area contributed by atoms with Gasteiger partial charge in [0.15, 0.2) is 0 Å². The molecule has 1 N–H and O–H groups in total. The minimum atomic E-state index is -4.39. The molecule has 2 atom stereocenters. The summed E-state index contributed by atoms with van der Waals surface area (Å²) in [4.78, 5) is 24.2. The van der Waals surface area contributed by atoms with Gasteiger partial charge < -0.3 is 10.1 Å². The van der Waals surface area contributed by atoms with Gasteiger partial charge in [-0.25, -0.2) is 4.79 Å². The molecule has 0 saturated carbocycles. The van der Waals surface area contributed by atoms with Crippen molar-refractivity contribution in [2.75, 3.05) is 7.11 Å². The maximum absolute atomic E-state index is 12.6. The number of hydrogen-bond acceptors (Lipinski definition) is 3. The van der Waals surface area contributed by atoms with Crippen LogP contribution in [-0.2, 0) is 20.5 Å². The van der Waals surface area contributed by atoms with Gasteiger partial charge >= 0.3 is 12.1 Å². The summed E-state index contributed by atoms with van der Waals surface area (Å²) in [6.45, 7) is 5.23. The molecule has 140 valence electrons. The highest BCUT2D eigenvalue weighted by atomic mass is 19.4. The van der Waals surface area contributed by atoms with E-state index in [1.165, 1.54) is 19.2 Å². The largest absolute Gasteiger partial charge is 0.467 e. The molecule has 0 radical (unpaired) electrons. The first-order chi connectivity index (χ1) is 11.5. The predicted octanol–water partition coefficient (Wildman–Crippen LogP) is 4.05. The van der Waals surface area contributed by atoms with Gasteiger partial charge in [-0.15, -0.1) is 0 Å². The van der Waals surface area contributed by atoms with Crippen molar-refractivity contribution in [1.82, 2.24) is 5.32 Å². The highest BCUT2D eigenvalue weighted by Gasteiger charge is 2.35. The van der Waals surface area contributed by atoms with Crippen LogP contribution in [0.2, 0.25) is 0 Å². The summed E-state index contributed by atoms with van der Waals surface area (Å²) in [5.74, 6) is -1.16. The second-order valence-electron chi connectivity index (χ2n) is 6.35. The molecule has 0 aliphatic heterocycles. The molecule has 0 heterocycles. The molecule has 0 aliphatic carbocycles. The Hall–Kier alpha value is -2.05. The Morgan fingerprint density at radius 2 is 1.76 bits per heavy atom. The Morgan fingerprint density at radius 3 is 2.20 bits per heavy atom. The van der Waals surface area contributed by atoms with E-state index in [2.05, 4.69) is 5.32 Å². The number of amides is 1. The zero-order valence-electron chi connectivity index (χ0n) is 14.9. The van der Waals surface area contributed by atoms with Gasteiger partial charge in [0.2, 0.25) is 5.91 Å². The lowest BCUT2D eigenvalue weighted by molar-refractivity contribution is -0.150. The number of nitrogens with one attached hydrogen (secondary N) is 1. The maximum atomic E-state index is 12.6. The lowest BCUT2D eigenvalue weighted by Gasteiger charge is -2.28. The average Bonchev–Trinajstić information content (AvgIpc) is 2.53. The standard InChI is InChI=1S/C18H24F3NO3/c1-5-10-17(3,16(24)25-4)22-15(23)11-12(2)13-6-8-14(9-7-13)18(19,20)21/h6-9,12H,5,10-11H2,1-4H3,(H,22,23). The molecule has 2 unspecified atom stereocenters. The zero-order valence-corrected chi connectivity index (χ0v) is 14.9. The Kier molecular flexibility index (Phi) is 7.02. The first-order valence-electron chi connectivity index (χ1n) is 8.10. The molecule has 4 nitrogen and oxygen atoms in total. The summed E-state index contributed by atoms with van der Waals surface area (Å²) in [6, 6.07) is 4.73. The fraction of sp³-hybridized carbons (Fsp3) is 0.556. The van der Waals surface area contributed by atoms with Crippen LogP contribution in [0.1, 0.15) is 57.1 Å². The number of alkyl halides is 3. The van der Waals surface area contributed by atoms with E-state index in [-0.39, 0.29) is 18.2 Å². The summed E-state index contributed by atoms with van der Waals surface area (Å²) in [5.41, 5.74) is -1.21. The molecule has 0 saturated heterocycles. The first-order valence-corrected chi connectivity index (χ1v) is 8.10. The van der Waals surface area contributed by atoms with Gasteiger partial charge in [0, 0.05) is 6.42 Å². The number of carbonyl (C=O) groups is 2. The lowest BCUT2D eigenvalue weighted by Crippen LogP contribution is -2.52. The summed E-state index contributed by atoms with van der Waals surface area (Å²) in [6.07, 6.45) is -3.22. The monoisotopic (exact) mass is 359 g/mol. The van der Waals surface area contributed by atoms with Gasteiger partial charge in [0.05, 0.1) is 12.7 Å². The van der Waals surface area contributed by atoms with Crippen molar-refractivity contribution in [2.45, 2.75) is 57.7 Å². The van der Waals surface area contributed by atoms with Crippen LogP contribution in [0.4, 0.5) is 13.2 Å². The Morgan fingerprint density at radius 1 is 1.20 bits per heavy atom. The molecule has 0 bridgehead atoms. The molecule has 1 aromatic rings. The number of ether oxygens (including phenoxy) is 1.